The summed E-state index contributed by atoms with van der Waals surface area (Å²) in [7, 11) is 0. The van der Waals surface area contributed by atoms with Crippen molar-refractivity contribution in [2.75, 3.05) is 0 Å². The molecule has 0 heterocycles. The standard InChI is InChI=1S/C14H18O2/c1-14(2,13(15)16)12-8-6-11(7-9-12)10-4-3-5-10/h6-10H,3-5H2,1-2H3,(H,15,16). The van der Waals surface area contributed by atoms with E-state index in [-0.39, 0.29) is 0 Å². The second kappa shape index (κ2) is 3.93. The number of hydrogen-bond donors (Lipinski definition) is 1. The van der Waals surface area contributed by atoms with Crippen LogP contribution in [-0.4, -0.2) is 11.1 Å². The maximum atomic E-state index is 11.1. The van der Waals surface area contributed by atoms with E-state index in [1.54, 1.807) is 13.8 Å². The van der Waals surface area contributed by atoms with Crippen LogP contribution in [0.3, 0.4) is 0 Å². The van der Waals surface area contributed by atoms with Crippen LogP contribution >= 0.6 is 0 Å². The van der Waals surface area contributed by atoms with Crippen molar-refractivity contribution in [3.05, 3.63) is 35.4 Å². The van der Waals surface area contributed by atoms with Crippen molar-refractivity contribution < 1.29 is 9.90 Å². The Bertz CT molecular complexity index is 386. The van der Waals surface area contributed by atoms with Gasteiger partial charge in [0.15, 0.2) is 0 Å². The van der Waals surface area contributed by atoms with Crippen molar-refractivity contribution in [2.45, 2.75) is 44.4 Å². The molecule has 0 spiro atoms. The molecule has 0 unspecified atom stereocenters. The van der Waals surface area contributed by atoms with Gasteiger partial charge in [-0.25, -0.2) is 0 Å². The van der Waals surface area contributed by atoms with E-state index in [1.807, 2.05) is 12.1 Å². The molecule has 1 aliphatic rings. The predicted octanol–water partition coefficient (Wildman–Crippen LogP) is 3.32. The Hall–Kier alpha value is -1.31. The number of carboxylic acids is 1. The fourth-order valence-electron chi connectivity index (χ4n) is 2.04. The van der Waals surface area contributed by atoms with Crippen LogP contribution in [0.15, 0.2) is 24.3 Å². The van der Waals surface area contributed by atoms with E-state index in [0.29, 0.717) is 5.92 Å². The molecule has 1 N–H and O–H groups in total. The Balaban J connectivity index is 2.21. The normalized spacial score (nSPS) is 16.9. The van der Waals surface area contributed by atoms with Gasteiger partial charge in [0.2, 0.25) is 0 Å². The molecule has 0 bridgehead atoms. The third-order valence-electron chi connectivity index (χ3n) is 3.74. The molecule has 86 valence electrons. The van der Waals surface area contributed by atoms with Gasteiger partial charge < -0.3 is 5.11 Å². The molecule has 1 aliphatic carbocycles. The molecule has 1 aromatic carbocycles. The second-order valence-electron chi connectivity index (χ2n) is 5.18. The molecule has 0 saturated heterocycles. The average Bonchev–Trinajstić information content (AvgIpc) is 2.15. The molecule has 2 rings (SSSR count). The first kappa shape index (κ1) is 11.2. The molecule has 0 aliphatic heterocycles. The Morgan fingerprint density at radius 3 is 2.19 bits per heavy atom. The topological polar surface area (TPSA) is 37.3 Å². The Morgan fingerprint density at radius 2 is 1.81 bits per heavy atom. The summed E-state index contributed by atoms with van der Waals surface area (Å²) in [5.74, 6) is -0.0640. The lowest BCUT2D eigenvalue weighted by Gasteiger charge is -2.27. The highest BCUT2D eigenvalue weighted by atomic mass is 16.4. The highest BCUT2D eigenvalue weighted by molar-refractivity contribution is 5.80. The Kier molecular flexibility index (Phi) is 2.75. The summed E-state index contributed by atoms with van der Waals surface area (Å²) in [6.07, 6.45) is 3.89. The van der Waals surface area contributed by atoms with Crippen molar-refractivity contribution in [1.29, 1.82) is 0 Å². The SMILES string of the molecule is CC(C)(C(=O)O)c1ccc(C2CCC2)cc1. The van der Waals surface area contributed by atoms with Crippen molar-refractivity contribution in [2.24, 2.45) is 0 Å². The van der Waals surface area contributed by atoms with Crippen LogP contribution in [0, 0.1) is 0 Å². The summed E-state index contributed by atoms with van der Waals surface area (Å²) >= 11 is 0. The van der Waals surface area contributed by atoms with Crippen LogP contribution in [0.5, 0.6) is 0 Å². The highest BCUT2D eigenvalue weighted by Gasteiger charge is 2.29. The molecular weight excluding hydrogens is 200 g/mol. The van der Waals surface area contributed by atoms with E-state index < -0.39 is 11.4 Å². The van der Waals surface area contributed by atoms with Gasteiger partial charge in [-0.2, -0.15) is 0 Å². The molecule has 2 nitrogen and oxygen atoms in total. The summed E-state index contributed by atoms with van der Waals surface area (Å²) in [4.78, 5) is 11.1. The molecule has 1 aromatic rings. The van der Waals surface area contributed by atoms with E-state index in [9.17, 15) is 4.79 Å². The van der Waals surface area contributed by atoms with Crippen LogP contribution in [0.25, 0.3) is 0 Å². The van der Waals surface area contributed by atoms with Crippen LogP contribution in [0.1, 0.15) is 50.2 Å². The maximum absolute atomic E-state index is 11.1. The Labute approximate surface area is 96.3 Å². The largest absolute Gasteiger partial charge is 0.481 e. The van der Waals surface area contributed by atoms with Gasteiger partial charge in [-0.1, -0.05) is 30.7 Å². The van der Waals surface area contributed by atoms with Crippen molar-refractivity contribution in [3.63, 3.8) is 0 Å². The zero-order valence-corrected chi connectivity index (χ0v) is 9.86. The maximum Gasteiger partial charge on any atom is 0.313 e. The molecule has 1 fully saturated rings. The smallest absolute Gasteiger partial charge is 0.313 e. The van der Waals surface area contributed by atoms with E-state index in [4.69, 9.17) is 5.11 Å². The molecular formula is C14H18O2. The van der Waals surface area contributed by atoms with Crippen molar-refractivity contribution >= 4 is 5.97 Å². The lowest BCUT2D eigenvalue weighted by atomic mass is 9.78. The molecule has 0 atom stereocenters. The highest BCUT2D eigenvalue weighted by Crippen LogP contribution is 2.37. The molecule has 0 aromatic heterocycles. The van der Waals surface area contributed by atoms with Gasteiger partial charge in [-0.3, -0.25) is 4.79 Å². The average molecular weight is 218 g/mol. The number of carbonyl (C=O) groups is 1. The second-order valence-corrected chi connectivity index (χ2v) is 5.18. The Morgan fingerprint density at radius 1 is 1.25 bits per heavy atom. The van der Waals surface area contributed by atoms with Crippen LogP contribution in [0.2, 0.25) is 0 Å². The predicted molar refractivity (Wildman–Crippen MR) is 63.7 cm³/mol. The minimum Gasteiger partial charge on any atom is -0.481 e. The number of carboxylic acid groups (broad SMARTS) is 1. The number of benzene rings is 1. The fraction of sp³-hybridized carbons (Fsp3) is 0.500. The first-order chi connectivity index (χ1) is 7.51. The zero-order valence-electron chi connectivity index (χ0n) is 9.86. The van der Waals surface area contributed by atoms with Gasteiger partial charge in [0.25, 0.3) is 0 Å². The van der Waals surface area contributed by atoms with Crippen LogP contribution in [0.4, 0.5) is 0 Å². The van der Waals surface area contributed by atoms with Crippen molar-refractivity contribution in [1.82, 2.24) is 0 Å². The molecule has 2 heteroatoms. The van der Waals surface area contributed by atoms with E-state index >= 15 is 0 Å². The molecule has 16 heavy (non-hydrogen) atoms. The van der Waals surface area contributed by atoms with E-state index in [2.05, 4.69) is 12.1 Å². The number of aliphatic carboxylic acids is 1. The summed E-state index contributed by atoms with van der Waals surface area (Å²) < 4.78 is 0. The molecule has 1 saturated carbocycles. The minimum atomic E-state index is -0.794. The summed E-state index contributed by atoms with van der Waals surface area (Å²) in [5.41, 5.74) is 1.44. The van der Waals surface area contributed by atoms with Crippen LogP contribution < -0.4 is 0 Å². The van der Waals surface area contributed by atoms with Gasteiger partial charge in [-0.05, 0) is 43.7 Å². The van der Waals surface area contributed by atoms with Crippen molar-refractivity contribution in [3.8, 4) is 0 Å². The summed E-state index contributed by atoms with van der Waals surface area (Å²) in [6, 6.07) is 8.09. The summed E-state index contributed by atoms with van der Waals surface area (Å²) in [5, 5.41) is 9.13. The summed E-state index contributed by atoms with van der Waals surface area (Å²) in [6.45, 7) is 3.49. The van der Waals surface area contributed by atoms with Gasteiger partial charge in [0.05, 0.1) is 5.41 Å². The lowest BCUT2D eigenvalue weighted by Crippen LogP contribution is -2.28. The van der Waals surface area contributed by atoms with E-state index in [0.717, 1.165) is 5.56 Å². The van der Waals surface area contributed by atoms with Crippen LogP contribution in [-0.2, 0) is 10.2 Å². The fourth-order valence-corrected chi connectivity index (χ4v) is 2.04. The monoisotopic (exact) mass is 218 g/mol. The number of rotatable bonds is 3. The first-order valence-corrected chi connectivity index (χ1v) is 5.85. The van der Waals surface area contributed by atoms with Gasteiger partial charge >= 0.3 is 5.97 Å². The number of hydrogen-bond acceptors (Lipinski definition) is 1. The quantitative estimate of drug-likeness (QED) is 0.845. The minimum absolute atomic E-state index is 0.710. The lowest BCUT2D eigenvalue weighted by molar-refractivity contribution is -0.142. The third-order valence-corrected chi connectivity index (χ3v) is 3.74. The van der Waals surface area contributed by atoms with Gasteiger partial charge in [0.1, 0.15) is 0 Å². The third kappa shape index (κ3) is 1.84. The first-order valence-electron chi connectivity index (χ1n) is 5.85. The molecule has 0 amide bonds. The van der Waals surface area contributed by atoms with Gasteiger partial charge in [0, 0.05) is 0 Å². The molecule has 0 radical (unpaired) electrons. The van der Waals surface area contributed by atoms with E-state index in [1.165, 1.54) is 24.8 Å². The zero-order chi connectivity index (χ0) is 11.8. The van der Waals surface area contributed by atoms with Gasteiger partial charge in [-0.15, -0.1) is 0 Å².